The molecule has 16 heavy (non-hydrogen) atoms. The molecule has 0 spiro atoms. The summed E-state index contributed by atoms with van der Waals surface area (Å²) in [5.74, 6) is 0. The first-order valence-electron chi connectivity index (χ1n) is 4.59. The predicted octanol–water partition coefficient (Wildman–Crippen LogP) is 1.23. The van der Waals surface area contributed by atoms with Crippen LogP contribution in [0.4, 0.5) is 0 Å². The zero-order valence-corrected chi connectivity index (χ0v) is 9.54. The van der Waals surface area contributed by atoms with Crippen LogP contribution in [0.2, 0.25) is 0 Å². The Morgan fingerprint density at radius 3 is 2.81 bits per heavy atom. The molecule has 0 saturated carbocycles. The third-order valence-electron chi connectivity index (χ3n) is 2.48. The maximum absolute atomic E-state index is 11.7. The van der Waals surface area contributed by atoms with Crippen LogP contribution in [0.15, 0.2) is 38.6 Å². The monoisotopic (exact) mass is 279 g/mol. The number of hydrogen-bond donors (Lipinski definition) is 2. The number of aromatic amines is 2. The number of halogens is 1. The molecule has 3 aromatic rings. The molecule has 0 fully saturated rings. The molecule has 0 aromatic carbocycles. The molecule has 0 saturated heterocycles. The van der Waals surface area contributed by atoms with Gasteiger partial charge < -0.3 is 9.38 Å². The lowest BCUT2D eigenvalue weighted by molar-refractivity contribution is 1.08. The largest absolute Gasteiger partial charge is 0.326 e. The van der Waals surface area contributed by atoms with E-state index in [0.717, 1.165) is 5.52 Å². The van der Waals surface area contributed by atoms with Crippen LogP contribution in [-0.2, 0) is 0 Å². The van der Waals surface area contributed by atoms with E-state index in [1.807, 2.05) is 24.4 Å². The first-order chi connectivity index (χ1) is 7.68. The van der Waals surface area contributed by atoms with Gasteiger partial charge in [-0.2, -0.15) is 0 Å². The molecule has 0 radical (unpaired) electrons. The number of H-pyrrole nitrogens is 2. The summed E-state index contributed by atoms with van der Waals surface area (Å²) in [6.45, 7) is 0. The summed E-state index contributed by atoms with van der Waals surface area (Å²) >= 11 is 3.36. The van der Waals surface area contributed by atoms with Crippen molar-refractivity contribution in [1.82, 2.24) is 14.4 Å². The Bertz CT molecular complexity index is 812. The number of fused-ring (bicyclic) bond motifs is 3. The van der Waals surface area contributed by atoms with Gasteiger partial charge in [0.2, 0.25) is 0 Å². The summed E-state index contributed by atoms with van der Waals surface area (Å²) in [4.78, 5) is 27.7. The molecule has 0 unspecified atom stereocenters. The van der Waals surface area contributed by atoms with E-state index in [1.165, 1.54) is 0 Å². The normalized spacial score (nSPS) is 11.3. The van der Waals surface area contributed by atoms with Crippen LogP contribution in [-0.4, -0.2) is 14.4 Å². The summed E-state index contributed by atoms with van der Waals surface area (Å²) in [7, 11) is 0. The maximum atomic E-state index is 11.7. The highest BCUT2D eigenvalue weighted by Gasteiger charge is 2.12. The van der Waals surface area contributed by atoms with Crippen LogP contribution in [0.1, 0.15) is 0 Å². The second-order valence-corrected chi connectivity index (χ2v) is 4.16. The van der Waals surface area contributed by atoms with Gasteiger partial charge in [0.05, 0.1) is 16.4 Å². The Morgan fingerprint density at radius 2 is 2.00 bits per heavy atom. The molecule has 0 aliphatic heterocycles. The van der Waals surface area contributed by atoms with E-state index in [4.69, 9.17) is 0 Å². The van der Waals surface area contributed by atoms with Crippen molar-refractivity contribution in [2.75, 3.05) is 0 Å². The van der Waals surface area contributed by atoms with Gasteiger partial charge in [0, 0.05) is 6.20 Å². The molecule has 0 aliphatic rings. The van der Waals surface area contributed by atoms with E-state index in [1.54, 1.807) is 4.40 Å². The summed E-state index contributed by atoms with van der Waals surface area (Å²) in [6, 6.07) is 5.51. The van der Waals surface area contributed by atoms with Gasteiger partial charge in [0.25, 0.3) is 5.56 Å². The van der Waals surface area contributed by atoms with E-state index in [2.05, 4.69) is 25.9 Å². The Balaban J connectivity index is 2.79. The molecular weight excluding hydrogens is 274 g/mol. The Labute approximate surface area is 96.9 Å². The summed E-state index contributed by atoms with van der Waals surface area (Å²) in [6.07, 6.45) is 1.82. The summed E-state index contributed by atoms with van der Waals surface area (Å²) < 4.78 is 2.47. The van der Waals surface area contributed by atoms with E-state index in [9.17, 15) is 9.59 Å². The minimum atomic E-state index is -0.505. The zero-order valence-electron chi connectivity index (χ0n) is 7.95. The van der Waals surface area contributed by atoms with Gasteiger partial charge in [0.15, 0.2) is 0 Å². The maximum Gasteiger partial charge on any atom is 0.326 e. The minimum absolute atomic E-state index is 0.381. The van der Waals surface area contributed by atoms with Gasteiger partial charge in [-0.15, -0.1) is 0 Å². The molecule has 0 amide bonds. The second kappa shape index (κ2) is 3.08. The molecule has 3 aromatic heterocycles. The lowest BCUT2D eigenvalue weighted by Gasteiger charge is -1.92. The average molecular weight is 280 g/mol. The Kier molecular flexibility index (Phi) is 1.81. The third-order valence-corrected chi connectivity index (χ3v) is 3.26. The fourth-order valence-corrected chi connectivity index (χ4v) is 2.43. The summed E-state index contributed by atoms with van der Waals surface area (Å²) in [5.41, 5.74) is 0.379. The molecule has 3 heterocycles. The van der Waals surface area contributed by atoms with Gasteiger partial charge in [0.1, 0.15) is 4.60 Å². The van der Waals surface area contributed by atoms with Crippen molar-refractivity contribution >= 4 is 32.3 Å². The van der Waals surface area contributed by atoms with Crippen molar-refractivity contribution in [2.45, 2.75) is 0 Å². The van der Waals surface area contributed by atoms with Crippen molar-refractivity contribution < 1.29 is 0 Å². The van der Waals surface area contributed by atoms with Crippen LogP contribution < -0.4 is 11.2 Å². The minimum Gasteiger partial charge on any atom is -0.309 e. The van der Waals surface area contributed by atoms with E-state index < -0.39 is 5.69 Å². The molecule has 6 heteroatoms. The molecule has 3 rings (SSSR count). The van der Waals surface area contributed by atoms with E-state index >= 15 is 0 Å². The molecule has 2 N–H and O–H groups in total. The Hall–Kier alpha value is -1.82. The molecule has 0 aliphatic carbocycles. The van der Waals surface area contributed by atoms with Crippen molar-refractivity contribution in [2.24, 2.45) is 0 Å². The van der Waals surface area contributed by atoms with E-state index in [0.29, 0.717) is 15.5 Å². The lowest BCUT2D eigenvalue weighted by atomic mass is 10.3. The van der Waals surface area contributed by atoms with Gasteiger partial charge in [-0.3, -0.25) is 9.78 Å². The highest BCUT2D eigenvalue weighted by Crippen LogP contribution is 2.25. The van der Waals surface area contributed by atoms with Crippen LogP contribution in [0.3, 0.4) is 0 Å². The highest BCUT2D eigenvalue weighted by molar-refractivity contribution is 9.10. The summed E-state index contributed by atoms with van der Waals surface area (Å²) in [5, 5.41) is 0.479. The first kappa shape index (κ1) is 9.41. The number of pyridine rings is 1. The fourth-order valence-electron chi connectivity index (χ4n) is 1.82. The molecule has 80 valence electrons. The molecule has 5 nitrogen and oxygen atoms in total. The number of aromatic nitrogens is 3. The highest BCUT2D eigenvalue weighted by atomic mass is 79.9. The van der Waals surface area contributed by atoms with Crippen molar-refractivity contribution in [1.29, 1.82) is 0 Å². The van der Waals surface area contributed by atoms with Crippen LogP contribution in [0.25, 0.3) is 16.4 Å². The van der Waals surface area contributed by atoms with Crippen molar-refractivity contribution in [3.05, 3.63) is 49.8 Å². The molecule has 0 atom stereocenters. The number of nitrogens with one attached hydrogen (secondary N) is 2. The second-order valence-electron chi connectivity index (χ2n) is 3.40. The third kappa shape index (κ3) is 1.10. The van der Waals surface area contributed by atoms with Gasteiger partial charge >= 0.3 is 5.69 Å². The molecule has 0 bridgehead atoms. The SMILES string of the molecule is O=c1[nH]c(=O)c2c([nH]1)c(Br)n1ccccc21. The van der Waals surface area contributed by atoms with Crippen molar-refractivity contribution in [3.63, 3.8) is 0 Å². The molecular formula is C10H6BrN3O2. The zero-order chi connectivity index (χ0) is 11.3. The van der Waals surface area contributed by atoms with E-state index in [-0.39, 0.29) is 5.56 Å². The van der Waals surface area contributed by atoms with Gasteiger partial charge in [-0.25, -0.2) is 4.79 Å². The number of hydrogen-bond acceptors (Lipinski definition) is 2. The predicted molar refractivity (Wildman–Crippen MR) is 63.8 cm³/mol. The smallest absolute Gasteiger partial charge is 0.309 e. The fraction of sp³-hybridized carbons (Fsp3) is 0. The number of nitrogens with zero attached hydrogens (tertiary/aromatic N) is 1. The van der Waals surface area contributed by atoms with Crippen LogP contribution >= 0.6 is 15.9 Å². The standard InChI is InChI=1S/C10H6BrN3O2/c11-8-7-6(9(15)13-10(16)12-7)5-3-1-2-4-14(5)8/h1-4H,(H2,12,13,15,16). The quantitative estimate of drug-likeness (QED) is 0.650. The van der Waals surface area contributed by atoms with Gasteiger partial charge in [-0.1, -0.05) is 6.07 Å². The van der Waals surface area contributed by atoms with Crippen LogP contribution in [0, 0.1) is 0 Å². The van der Waals surface area contributed by atoms with Crippen molar-refractivity contribution in [3.8, 4) is 0 Å². The lowest BCUT2D eigenvalue weighted by Crippen LogP contribution is -2.21. The Morgan fingerprint density at radius 1 is 1.19 bits per heavy atom. The van der Waals surface area contributed by atoms with Crippen LogP contribution in [0.5, 0.6) is 0 Å². The number of rotatable bonds is 0. The first-order valence-corrected chi connectivity index (χ1v) is 5.38. The van der Waals surface area contributed by atoms with Gasteiger partial charge in [-0.05, 0) is 28.1 Å². The average Bonchev–Trinajstić information content (AvgIpc) is 2.54. The topological polar surface area (TPSA) is 70.1 Å².